The summed E-state index contributed by atoms with van der Waals surface area (Å²) in [5.74, 6) is 0.936. The Labute approximate surface area is 113 Å². The van der Waals surface area contributed by atoms with Crippen LogP contribution >= 0.6 is 0 Å². The molecule has 94 valence electrons. The van der Waals surface area contributed by atoms with Crippen LogP contribution in [0, 0.1) is 6.92 Å². The number of aryl methyl sites for hydroxylation is 1. The average molecular weight is 248 g/mol. The number of hydrogen-bond acceptors (Lipinski definition) is 1. The third-order valence-corrected chi connectivity index (χ3v) is 3.19. The quantitative estimate of drug-likeness (QED) is 0.746. The van der Waals surface area contributed by atoms with Gasteiger partial charge in [0.05, 0.1) is 0 Å². The molecule has 0 atom stereocenters. The molecule has 0 aliphatic carbocycles. The Bertz CT molecular complexity index is 651. The molecule has 1 heterocycles. The Balaban J connectivity index is 1.82. The lowest BCUT2D eigenvalue weighted by Gasteiger charge is -1.99. The molecule has 0 saturated carbocycles. The lowest BCUT2D eigenvalue weighted by molar-refractivity contribution is 1.11. The summed E-state index contributed by atoms with van der Waals surface area (Å²) in [5, 5.41) is 0. The van der Waals surface area contributed by atoms with Crippen LogP contribution in [-0.4, -0.2) is 9.97 Å². The predicted molar refractivity (Wildman–Crippen MR) is 78.0 cm³/mol. The normalized spacial score (nSPS) is 10.6. The second kappa shape index (κ2) is 5.11. The smallest absolute Gasteiger partial charge is 0.137 e. The van der Waals surface area contributed by atoms with Gasteiger partial charge in [-0.05, 0) is 12.5 Å². The number of nitrogens with one attached hydrogen (secondary N) is 1. The van der Waals surface area contributed by atoms with Crippen LogP contribution in [0.15, 0.2) is 60.8 Å². The maximum atomic E-state index is 4.46. The minimum Gasteiger partial charge on any atom is -0.342 e. The molecule has 1 N–H and O–H groups in total. The van der Waals surface area contributed by atoms with Gasteiger partial charge in [0.25, 0.3) is 0 Å². The SMILES string of the molecule is Cc1ccc(-c2ncc(Cc3ccccc3)[nH]2)cc1. The van der Waals surface area contributed by atoms with Crippen molar-refractivity contribution in [2.75, 3.05) is 0 Å². The van der Waals surface area contributed by atoms with Crippen LogP contribution < -0.4 is 0 Å². The number of aromatic amines is 1. The van der Waals surface area contributed by atoms with E-state index in [0.717, 1.165) is 23.5 Å². The van der Waals surface area contributed by atoms with Gasteiger partial charge >= 0.3 is 0 Å². The highest BCUT2D eigenvalue weighted by Gasteiger charge is 2.03. The zero-order chi connectivity index (χ0) is 13.1. The highest BCUT2D eigenvalue weighted by atomic mass is 14.9. The number of aromatic nitrogens is 2. The zero-order valence-electron chi connectivity index (χ0n) is 10.9. The molecule has 0 saturated heterocycles. The average Bonchev–Trinajstić information content (AvgIpc) is 2.89. The molecule has 3 aromatic rings. The van der Waals surface area contributed by atoms with Gasteiger partial charge in [-0.25, -0.2) is 4.98 Å². The molecule has 2 heteroatoms. The van der Waals surface area contributed by atoms with E-state index >= 15 is 0 Å². The molecular weight excluding hydrogens is 232 g/mol. The van der Waals surface area contributed by atoms with Crippen molar-refractivity contribution in [1.29, 1.82) is 0 Å². The fraction of sp³-hybridized carbons (Fsp3) is 0.118. The van der Waals surface area contributed by atoms with Crippen LogP contribution in [0.5, 0.6) is 0 Å². The molecule has 0 spiro atoms. The summed E-state index contributed by atoms with van der Waals surface area (Å²) in [6, 6.07) is 18.8. The largest absolute Gasteiger partial charge is 0.342 e. The summed E-state index contributed by atoms with van der Waals surface area (Å²) < 4.78 is 0. The van der Waals surface area contributed by atoms with Crippen molar-refractivity contribution in [3.63, 3.8) is 0 Å². The van der Waals surface area contributed by atoms with Crippen LogP contribution in [0.25, 0.3) is 11.4 Å². The van der Waals surface area contributed by atoms with E-state index in [1.165, 1.54) is 11.1 Å². The fourth-order valence-corrected chi connectivity index (χ4v) is 2.12. The standard InChI is InChI=1S/C17H16N2/c1-13-7-9-15(10-8-13)17-18-12-16(19-17)11-14-5-3-2-4-6-14/h2-10,12H,11H2,1H3,(H,18,19). The molecule has 3 rings (SSSR count). The molecule has 19 heavy (non-hydrogen) atoms. The molecule has 2 nitrogen and oxygen atoms in total. The second-order valence-corrected chi connectivity index (χ2v) is 4.79. The van der Waals surface area contributed by atoms with Crippen LogP contribution in [-0.2, 0) is 6.42 Å². The molecule has 0 bridgehead atoms. The first kappa shape index (κ1) is 11.7. The number of imidazole rings is 1. The predicted octanol–water partition coefficient (Wildman–Crippen LogP) is 3.98. The number of rotatable bonds is 3. The summed E-state index contributed by atoms with van der Waals surface area (Å²) in [6.45, 7) is 2.09. The van der Waals surface area contributed by atoms with E-state index in [2.05, 4.69) is 65.4 Å². The van der Waals surface area contributed by atoms with Gasteiger partial charge in [0, 0.05) is 23.9 Å². The molecule has 0 fully saturated rings. The van der Waals surface area contributed by atoms with Gasteiger partial charge in [-0.15, -0.1) is 0 Å². The van der Waals surface area contributed by atoms with Crippen LogP contribution in [0.4, 0.5) is 0 Å². The Morgan fingerprint density at radius 1 is 0.947 bits per heavy atom. The summed E-state index contributed by atoms with van der Waals surface area (Å²) in [7, 11) is 0. The van der Waals surface area contributed by atoms with Gasteiger partial charge in [0.2, 0.25) is 0 Å². The third-order valence-electron chi connectivity index (χ3n) is 3.19. The molecule has 0 unspecified atom stereocenters. The maximum Gasteiger partial charge on any atom is 0.137 e. The number of benzene rings is 2. The Kier molecular flexibility index (Phi) is 3.15. The van der Waals surface area contributed by atoms with E-state index in [1.807, 2.05) is 12.3 Å². The van der Waals surface area contributed by atoms with E-state index in [-0.39, 0.29) is 0 Å². The van der Waals surface area contributed by atoms with Crippen molar-refractivity contribution in [3.8, 4) is 11.4 Å². The molecule has 0 aliphatic heterocycles. The number of nitrogens with zero attached hydrogens (tertiary/aromatic N) is 1. The van der Waals surface area contributed by atoms with E-state index < -0.39 is 0 Å². The number of H-pyrrole nitrogens is 1. The lowest BCUT2D eigenvalue weighted by Crippen LogP contribution is -1.88. The minimum absolute atomic E-state index is 0.889. The minimum atomic E-state index is 0.889. The van der Waals surface area contributed by atoms with Gasteiger partial charge < -0.3 is 4.98 Å². The van der Waals surface area contributed by atoms with Crippen molar-refractivity contribution < 1.29 is 0 Å². The van der Waals surface area contributed by atoms with E-state index in [0.29, 0.717) is 0 Å². The highest BCUT2D eigenvalue weighted by molar-refractivity contribution is 5.55. The first-order valence-electron chi connectivity index (χ1n) is 6.46. The summed E-state index contributed by atoms with van der Waals surface area (Å²) in [5.41, 5.74) is 4.83. The molecule has 2 aromatic carbocycles. The maximum absolute atomic E-state index is 4.46. The van der Waals surface area contributed by atoms with Crippen molar-refractivity contribution in [2.45, 2.75) is 13.3 Å². The van der Waals surface area contributed by atoms with Gasteiger partial charge in [0.15, 0.2) is 0 Å². The van der Waals surface area contributed by atoms with E-state index in [1.54, 1.807) is 0 Å². The van der Waals surface area contributed by atoms with Crippen molar-refractivity contribution in [1.82, 2.24) is 9.97 Å². The van der Waals surface area contributed by atoms with Crippen molar-refractivity contribution >= 4 is 0 Å². The summed E-state index contributed by atoms with van der Waals surface area (Å²) >= 11 is 0. The van der Waals surface area contributed by atoms with Crippen molar-refractivity contribution in [2.24, 2.45) is 0 Å². The molecule has 0 amide bonds. The number of hydrogen-bond donors (Lipinski definition) is 1. The van der Waals surface area contributed by atoms with Gasteiger partial charge in [-0.3, -0.25) is 0 Å². The van der Waals surface area contributed by atoms with Gasteiger partial charge in [-0.1, -0.05) is 60.2 Å². The Morgan fingerprint density at radius 2 is 1.68 bits per heavy atom. The molecule has 0 radical (unpaired) electrons. The van der Waals surface area contributed by atoms with E-state index in [4.69, 9.17) is 0 Å². The third kappa shape index (κ3) is 2.74. The summed E-state index contributed by atoms with van der Waals surface area (Å²) in [6.07, 6.45) is 2.81. The Morgan fingerprint density at radius 3 is 2.42 bits per heavy atom. The fourth-order valence-electron chi connectivity index (χ4n) is 2.12. The summed E-state index contributed by atoms with van der Waals surface area (Å²) in [4.78, 5) is 7.84. The monoisotopic (exact) mass is 248 g/mol. The first-order valence-corrected chi connectivity index (χ1v) is 6.46. The molecular formula is C17H16N2. The van der Waals surface area contributed by atoms with Gasteiger partial charge in [-0.2, -0.15) is 0 Å². The molecule has 1 aromatic heterocycles. The van der Waals surface area contributed by atoms with Crippen LogP contribution in [0.3, 0.4) is 0 Å². The van der Waals surface area contributed by atoms with Crippen LogP contribution in [0.1, 0.15) is 16.8 Å². The van der Waals surface area contributed by atoms with Crippen LogP contribution in [0.2, 0.25) is 0 Å². The first-order chi connectivity index (χ1) is 9.31. The Hall–Kier alpha value is -2.35. The van der Waals surface area contributed by atoms with Gasteiger partial charge in [0.1, 0.15) is 5.82 Å². The second-order valence-electron chi connectivity index (χ2n) is 4.79. The van der Waals surface area contributed by atoms with E-state index in [9.17, 15) is 0 Å². The highest BCUT2D eigenvalue weighted by Crippen LogP contribution is 2.17. The zero-order valence-corrected chi connectivity index (χ0v) is 10.9. The molecule has 0 aliphatic rings. The lowest BCUT2D eigenvalue weighted by atomic mass is 10.1. The van der Waals surface area contributed by atoms with Crippen molar-refractivity contribution in [3.05, 3.63) is 77.6 Å². The topological polar surface area (TPSA) is 28.7 Å².